The second-order valence-electron chi connectivity index (χ2n) is 22.3. The van der Waals surface area contributed by atoms with Crippen molar-refractivity contribution in [1.29, 1.82) is 0 Å². The van der Waals surface area contributed by atoms with Crippen LogP contribution in [-0.2, 0) is 34.0 Å². The number of hydrogen-bond donors (Lipinski definition) is 0. The van der Waals surface area contributed by atoms with Crippen LogP contribution in [0, 0.1) is 16.2 Å². The van der Waals surface area contributed by atoms with Gasteiger partial charge in [0, 0.05) is 26.2 Å². The highest BCUT2D eigenvalue weighted by molar-refractivity contribution is 5.67. The Bertz CT molecular complexity index is 1310. The first-order chi connectivity index (χ1) is 29.1. The Hall–Kier alpha value is -3.93. The number of carbonyl (C=O) groups excluding carboxylic acids is 3. The van der Waals surface area contributed by atoms with E-state index in [2.05, 4.69) is 181 Å². The van der Waals surface area contributed by atoms with E-state index in [9.17, 15) is 14.4 Å². The van der Waals surface area contributed by atoms with Crippen LogP contribution in [0.2, 0.25) is 0 Å². The molecule has 380 valence electrons. The zero-order chi connectivity index (χ0) is 53.7. The van der Waals surface area contributed by atoms with Gasteiger partial charge in [-0.2, -0.15) is 0 Å². The fourth-order valence-electron chi connectivity index (χ4n) is 4.11. The summed E-state index contributed by atoms with van der Waals surface area (Å²) in [6, 6.07) is 32.1. The Labute approximate surface area is 405 Å². The van der Waals surface area contributed by atoms with E-state index in [1.165, 1.54) is 37.5 Å². The molecule has 0 aromatic heterocycles. The molecular weight excluding hydrogens is 805 g/mol. The molecule has 0 bridgehead atoms. The summed E-state index contributed by atoms with van der Waals surface area (Å²) >= 11 is 0. The largest absolute Gasteiger partial charge is 0.460 e. The van der Waals surface area contributed by atoms with Crippen molar-refractivity contribution < 1.29 is 28.6 Å². The lowest BCUT2D eigenvalue weighted by Crippen LogP contribution is -2.25. The number of esters is 3. The van der Waals surface area contributed by atoms with Crippen LogP contribution in [0.3, 0.4) is 0 Å². The van der Waals surface area contributed by atoms with Crippen LogP contribution in [-0.4, -0.2) is 34.7 Å². The molecule has 0 aliphatic carbocycles. The summed E-state index contributed by atoms with van der Waals surface area (Å²) in [5, 5.41) is 0. The summed E-state index contributed by atoms with van der Waals surface area (Å²) in [5.74, 6) is -0.674. The molecular formula is C59H108O6. The summed E-state index contributed by atoms with van der Waals surface area (Å²) < 4.78 is 14.4. The Morgan fingerprint density at radius 3 is 0.492 bits per heavy atom. The average molecular weight is 914 g/mol. The fraction of sp³-hybridized carbons (Fsp3) is 0.644. The monoisotopic (exact) mass is 913 g/mol. The van der Waals surface area contributed by atoms with E-state index in [1.54, 1.807) is 0 Å². The predicted octanol–water partition coefficient (Wildman–Crippen LogP) is 18.3. The van der Waals surface area contributed by atoms with Gasteiger partial charge in [-0.25, -0.2) is 0 Å². The maximum atomic E-state index is 10.2. The quantitative estimate of drug-likeness (QED) is 0.148. The van der Waals surface area contributed by atoms with Gasteiger partial charge in [-0.15, -0.1) is 0 Å². The number of rotatable bonds is 3. The molecule has 0 fully saturated rings. The zero-order valence-electron chi connectivity index (χ0n) is 48.6. The smallest absolute Gasteiger partial charge is 0.303 e. The van der Waals surface area contributed by atoms with Crippen molar-refractivity contribution >= 4 is 17.9 Å². The summed E-state index contributed by atoms with van der Waals surface area (Å²) in [7, 11) is 0. The van der Waals surface area contributed by atoms with Gasteiger partial charge in [0.25, 0.3) is 0 Å². The number of ether oxygens (including phenoxy) is 3. The van der Waals surface area contributed by atoms with E-state index in [0.717, 1.165) is 0 Å². The van der Waals surface area contributed by atoms with Gasteiger partial charge in [0.15, 0.2) is 0 Å². The van der Waals surface area contributed by atoms with Gasteiger partial charge in [-0.1, -0.05) is 216 Å². The minimum absolute atomic E-state index is 0.121. The lowest BCUT2D eigenvalue weighted by molar-refractivity contribution is -0.153. The molecule has 3 aromatic carbocycles. The van der Waals surface area contributed by atoms with Gasteiger partial charge < -0.3 is 14.2 Å². The van der Waals surface area contributed by atoms with Gasteiger partial charge in [0.1, 0.15) is 16.8 Å². The molecule has 3 rings (SSSR count). The molecule has 3 aromatic rings. The van der Waals surface area contributed by atoms with Gasteiger partial charge in [0.2, 0.25) is 0 Å². The van der Waals surface area contributed by atoms with E-state index >= 15 is 0 Å². The van der Waals surface area contributed by atoms with Crippen molar-refractivity contribution in [3.05, 3.63) is 108 Å². The summed E-state index contributed by atoms with van der Waals surface area (Å²) in [6.07, 6.45) is 0. The fourth-order valence-corrected chi connectivity index (χ4v) is 4.11. The molecule has 65 heavy (non-hydrogen) atoms. The second-order valence-corrected chi connectivity index (χ2v) is 22.3. The minimum atomic E-state index is -0.328. The molecule has 0 aliphatic rings. The van der Waals surface area contributed by atoms with Crippen LogP contribution >= 0.6 is 0 Å². The van der Waals surface area contributed by atoms with E-state index in [0.29, 0.717) is 16.2 Å². The molecule has 0 N–H and O–H groups in total. The highest BCUT2D eigenvalue weighted by Gasteiger charge is 2.30. The third-order valence-electron chi connectivity index (χ3n) is 5.40. The van der Waals surface area contributed by atoms with Crippen LogP contribution < -0.4 is 0 Å². The third kappa shape index (κ3) is 71.9. The van der Waals surface area contributed by atoms with E-state index < -0.39 is 0 Å². The Balaban J connectivity index is -0.000000128. The van der Waals surface area contributed by atoms with Crippen LogP contribution in [0.1, 0.15) is 231 Å². The van der Waals surface area contributed by atoms with Gasteiger partial charge in [-0.3, -0.25) is 14.4 Å². The standard InChI is InChI=1S/C20H18.3C6H12O2.3C5H12.3C2H6/c1-20(17-11-5-2-6-12-17,18-13-7-3-8-14-18)19-15-9-4-10-16-19;3*1-5(7)8-6(2,3)4;3*1-5(2,3)4;3*1-2/h2-16H,1H3;3*1-4H3;3*1-4H3;3*1-2H3. The van der Waals surface area contributed by atoms with Gasteiger partial charge in [0.05, 0.1) is 0 Å². The first-order valence-electron chi connectivity index (χ1n) is 23.8. The molecule has 0 aliphatic heterocycles. The van der Waals surface area contributed by atoms with Crippen LogP contribution in [0.4, 0.5) is 0 Å². The molecule has 0 unspecified atom stereocenters. The van der Waals surface area contributed by atoms with E-state index in [1.807, 2.05) is 104 Å². The number of carbonyl (C=O) groups is 3. The van der Waals surface area contributed by atoms with Gasteiger partial charge >= 0.3 is 17.9 Å². The first-order valence-corrected chi connectivity index (χ1v) is 23.8. The van der Waals surface area contributed by atoms with Gasteiger partial charge in [-0.05, 0) is 102 Å². The molecule has 0 radical (unpaired) electrons. The lowest BCUT2D eigenvalue weighted by atomic mass is 9.71. The van der Waals surface area contributed by atoms with Crippen molar-refractivity contribution in [1.82, 2.24) is 0 Å². The second kappa shape index (κ2) is 38.2. The maximum Gasteiger partial charge on any atom is 0.303 e. The van der Waals surface area contributed by atoms with E-state index in [-0.39, 0.29) is 40.1 Å². The number of hydrogen-bond acceptors (Lipinski definition) is 6. The van der Waals surface area contributed by atoms with Crippen LogP contribution in [0.5, 0.6) is 0 Å². The summed E-state index contributed by atoms with van der Waals surface area (Å²) in [4.78, 5) is 30.7. The normalized spacial score (nSPS) is 10.6. The lowest BCUT2D eigenvalue weighted by Gasteiger charge is -2.31. The van der Waals surface area contributed by atoms with Crippen molar-refractivity contribution in [3.63, 3.8) is 0 Å². The van der Waals surface area contributed by atoms with Crippen LogP contribution in [0.15, 0.2) is 91.0 Å². The Morgan fingerprint density at radius 2 is 0.415 bits per heavy atom. The highest BCUT2D eigenvalue weighted by atomic mass is 16.6. The zero-order valence-corrected chi connectivity index (χ0v) is 48.6. The number of benzene rings is 3. The Kier molecular flexibility index (Phi) is 44.3. The molecule has 0 amide bonds. The molecule has 6 heteroatoms. The van der Waals surface area contributed by atoms with Crippen molar-refractivity contribution in [2.24, 2.45) is 16.2 Å². The molecule has 0 heterocycles. The molecule has 6 nitrogen and oxygen atoms in total. The van der Waals surface area contributed by atoms with Crippen molar-refractivity contribution in [2.75, 3.05) is 0 Å². The van der Waals surface area contributed by atoms with Crippen LogP contribution in [0.25, 0.3) is 0 Å². The topological polar surface area (TPSA) is 78.9 Å². The highest BCUT2D eigenvalue weighted by Crippen LogP contribution is 2.38. The predicted molar refractivity (Wildman–Crippen MR) is 289 cm³/mol. The summed E-state index contributed by atoms with van der Waals surface area (Å²) in [6.45, 7) is 61.3. The summed E-state index contributed by atoms with van der Waals surface area (Å²) in [5.41, 5.74) is 4.35. The maximum absolute atomic E-state index is 10.2. The van der Waals surface area contributed by atoms with Crippen molar-refractivity contribution in [3.8, 4) is 0 Å². The molecule has 0 saturated heterocycles. The Morgan fingerprint density at radius 1 is 0.292 bits per heavy atom. The molecule has 0 spiro atoms. The first kappa shape index (κ1) is 75.4. The van der Waals surface area contributed by atoms with E-state index in [4.69, 9.17) is 14.2 Å². The third-order valence-corrected chi connectivity index (χ3v) is 5.40. The minimum Gasteiger partial charge on any atom is -0.460 e. The molecule has 0 saturated carbocycles. The average Bonchev–Trinajstić information content (AvgIpc) is 3.11. The molecule has 0 atom stereocenters. The SMILES string of the molecule is CC.CC.CC.CC(=O)OC(C)(C)C.CC(=O)OC(C)(C)C.CC(=O)OC(C)(C)C.CC(C)(C)C.CC(C)(C)C.CC(C)(C)C.CC(c1ccccc1)(c1ccccc1)c1ccccc1. The van der Waals surface area contributed by atoms with Crippen molar-refractivity contribution in [2.45, 2.75) is 237 Å².